The maximum Gasteiger partial charge on any atom is 0.224 e. The van der Waals surface area contributed by atoms with Gasteiger partial charge in [-0.05, 0) is 44.0 Å². The summed E-state index contributed by atoms with van der Waals surface area (Å²) < 4.78 is 0. The minimum atomic E-state index is 0.0835. The normalized spacial score (nSPS) is 19.1. The zero-order chi connectivity index (χ0) is 13.8. The number of carbonyl (C=O) groups is 1. The molecule has 0 radical (unpaired) electrons. The summed E-state index contributed by atoms with van der Waals surface area (Å²) in [5.74, 6) is 0.0835. The van der Waals surface area contributed by atoms with Gasteiger partial charge in [0.2, 0.25) is 5.91 Å². The first kappa shape index (κ1) is 13.1. The van der Waals surface area contributed by atoms with E-state index in [4.69, 9.17) is 0 Å². The van der Waals surface area contributed by atoms with Gasteiger partial charge in [0.1, 0.15) is 0 Å². The number of hydrogen-bond donors (Lipinski definition) is 3. The van der Waals surface area contributed by atoms with Crippen LogP contribution >= 0.6 is 0 Å². The fraction of sp³-hybridized carbons (Fsp3) is 0.467. The zero-order valence-corrected chi connectivity index (χ0v) is 11.5. The van der Waals surface area contributed by atoms with Crippen LogP contribution in [0.4, 0.5) is 5.69 Å². The van der Waals surface area contributed by atoms with E-state index in [2.05, 4.69) is 20.8 Å². The minimum absolute atomic E-state index is 0.0835. The number of H-pyrrole nitrogens is 1. The highest BCUT2D eigenvalue weighted by atomic mass is 16.1. The second-order valence-electron chi connectivity index (χ2n) is 5.41. The second-order valence-corrected chi connectivity index (χ2v) is 5.41. The Bertz CT molecular complexity index is 586. The van der Waals surface area contributed by atoms with Crippen molar-refractivity contribution in [3.8, 4) is 0 Å². The van der Waals surface area contributed by atoms with Gasteiger partial charge in [-0.2, -0.15) is 5.10 Å². The molecular formula is C15H20N4O. The van der Waals surface area contributed by atoms with Crippen molar-refractivity contribution in [1.82, 2.24) is 15.5 Å². The van der Waals surface area contributed by atoms with Crippen molar-refractivity contribution in [1.29, 1.82) is 0 Å². The lowest BCUT2D eigenvalue weighted by Gasteiger charge is -2.23. The first-order valence-corrected chi connectivity index (χ1v) is 7.27. The molecule has 1 saturated heterocycles. The molecule has 2 aromatic rings. The first-order chi connectivity index (χ1) is 9.81. The standard InChI is InChI=1S/C15H20N4O/c20-15(7-5-12-3-1-2-8-16-12)18-13-4-6-14-11(9-13)10-17-19-14/h4,6,9-10,12,16H,1-3,5,7-8H2,(H,17,19)(H,18,20). The largest absolute Gasteiger partial charge is 0.326 e. The summed E-state index contributed by atoms with van der Waals surface area (Å²) >= 11 is 0. The van der Waals surface area contributed by atoms with Crippen molar-refractivity contribution >= 4 is 22.5 Å². The van der Waals surface area contributed by atoms with Crippen molar-refractivity contribution < 1.29 is 4.79 Å². The molecule has 3 N–H and O–H groups in total. The molecule has 1 aromatic heterocycles. The lowest BCUT2D eigenvalue weighted by molar-refractivity contribution is -0.116. The van der Waals surface area contributed by atoms with Gasteiger partial charge in [0, 0.05) is 23.5 Å². The van der Waals surface area contributed by atoms with Gasteiger partial charge in [-0.25, -0.2) is 0 Å². The monoisotopic (exact) mass is 272 g/mol. The van der Waals surface area contributed by atoms with E-state index in [-0.39, 0.29) is 5.91 Å². The number of rotatable bonds is 4. The summed E-state index contributed by atoms with van der Waals surface area (Å²) in [5, 5.41) is 14.3. The molecule has 2 heterocycles. The molecule has 1 aliphatic rings. The van der Waals surface area contributed by atoms with E-state index in [9.17, 15) is 4.79 Å². The van der Waals surface area contributed by atoms with Crippen LogP contribution in [0.1, 0.15) is 32.1 Å². The number of amides is 1. The SMILES string of the molecule is O=C(CCC1CCCCN1)Nc1ccc2[nH]ncc2c1. The van der Waals surface area contributed by atoms with Crippen molar-refractivity contribution in [2.45, 2.75) is 38.1 Å². The zero-order valence-electron chi connectivity index (χ0n) is 11.5. The summed E-state index contributed by atoms with van der Waals surface area (Å²) in [7, 11) is 0. The Morgan fingerprint density at radius 1 is 1.40 bits per heavy atom. The van der Waals surface area contributed by atoms with Crippen molar-refractivity contribution in [3.63, 3.8) is 0 Å². The number of carbonyl (C=O) groups excluding carboxylic acids is 1. The van der Waals surface area contributed by atoms with Crippen molar-refractivity contribution in [2.24, 2.45) is 0 Å². The maximum absolute atomic E-state index is 12.0. The summed E-state index contributed by atoms with van der Waals surface area (Å²) in [4.78, 5) is 12.0. The van der Waals surface area contributed by atoms with Gasteiger partial charge in [-0.1, -0.05) is 6.42 Å². The summed E-state index contributed by atoms with van der Waals surface area (Å²) in [6.45, 7) is 1.09. The fourth-order valence-electron chi connectivity index (χ4n) is 2.72. The lowest BCUT2D eigenvalue weighted by atomic mass is 10.0. The highest BCUT2D eigenvalue weighted by Gasteiger charge is 2.14. The van der Waals surface area contributed by atoms with Gasteiger partial charge in [0.05, 0.1) is 11.7 Å². The average Bonchev–Trinajstić information content (AvgIpc) is 2.94. The number of fused-ring (bicyclic) bond motifs is 1. The molecule has 1 fully saturated rings. The fourth-order valence-corrected chi connectivity index (χ4v) is 2.72. The number of nitrogens with one attached hydrogen (secondary N) is 3. The highest BCUT2D eigenvalue weighted by molar-refractivity contribution is 5.93. The average molecular weight is 272 g/mol. The van der Waals surface area contributed by atoms with Gasteiger partial charge in [-0.3, -0.25) is 9.89 Å². The van der Waals surface area contributed by atoms with E-state index in [1.54, 1.807) is 6.20 Å². The van der Waals surface area contributed by atoms with Crippen LogP contribution in [-0.4, -0.2) is 28.7 Å². The predicted octanol–water partition coefficient (Wildman–Crippen LogP) is 2.42. The first-order valence-electron chi connectivity index (χ1n) is 7.27. The van der Waals surface area contributed by atoms with Crippen LogP contribution in [0.5, 0.6) is 0 Å². The molecule has 106 valence electrons. The highest BCUT2D eigenvalue weighted by Crippen LogP contribution is 2.17. The summed E-state index contributed by atoms with van der Waals surface area (Å²) in [6.07, 6.45) is 6.97. The third kappa shape index (κ3) is 3.17. The Balaban J connectivity index is 1.52. The number of benzene rings is 1. The molecule has 3 rings (SSSR count). The Morgan fingerprint density at radius 3 is 3.20 bits per heavy atom. The lowest BCUT2D eigenvalue weighted by Crippen LogP contribution is -2.34. The van der Waals surface area contributed by atoms with Crippen LogP contribution in [0, 0.1) is 0 Å². The van der Waals surface area contributed by atoms with Crippen LogP contribution in [-0.2, 0) is 4.79 Å². The number of aromatic amines is 1. The number of hydrogen-bond acceptors (Lipinski definition) is 3. The Hall–Kier alpha value is -1.88. The smallest absolute Gasteiger partial charge is 0.224 e. The quantitative estimate of drug-likeness (QED) is 0.800. The Morgan fingerprint density at radius 2 is 2.35 bits per heavy atom. The van der Waals surface area contributed by atoms with E-state index in [1.807, 2.05) is 18.2 Å². The van der Waals surface area contributed by atoms with Crippen LogP contribution in [0.25, 0.3) is 10.9 Å². The molecule has 5 heteroatoms. The van der Waals surface area contributed by atoms with E-state index >= 15 is 0 Å². The summed E-state index contributed by atoms with van der Waals surface area (Å²) in [6, 6.07) is 6.28. The van der Waals surface area contributed by atoms with Gasteiger partial charge < -0.3 is 10.6 Å². The molecule has 1 aromatic carbocycles. The van der Waals surface area contributed by atoms with E-state index in [0.717, 1.165) is 29.6 Å². The van der Waals surface area contributed by atoms with Gasteiger partial charge in [-0.15, -0.1) is 0 Å². The topological polar surface area (TPSA) is 69.8 Å². The molecular weight excluding hydrogens is 252 g/mol. The van der Waals surface area contributed by atoms with E-state index in [1.165, 1.54) is 19.3 Å². The number of piperidine rings is 1. The Labute approximate surface area is 118 Å². The van der Waals surface area contributed by atoms with Crippen LogP contribution in [0.15, 0.2) is 24.4 Å². The number of nitrogens with zero attached hydrogens (tertiary/aromatic N) is 1. The van der Waals surface area contributed by atoms with E-state index in [0.29, 0.717) is 12.5 Å². The third-order valence-electron chi connectivity index (χ3n) is 3.86. The van der Waals surface area contributed by atoms with Crippen molar-refractivity contribution in [2.75, 3.05) is 11.9 Å². The van der Waals surface area contributed by atoms with Gasteiger partial charge in [0.25, 0.3) is 0 Å². The predicted molar refractivity (Wildman–Crippen MR) is 79.6 cm³/mol. The molecule has 5 nitrogen and oxygen atoms in total. The molecule has 0 saturated carbocycles. The molecule has 0 aliphatic carbocycles. The van der Waals surface area contributed by atoms with Gasteiger partial charge >= 0.3 is 0 Å². The van der Waals surface area contributed by atoms with Crippen LogP contribution < -0.4 is 10.6 Å². The Kier molecular flexibility index (Phi) is 3.97. The molecule has 1 atom stereocenters. The van der Waals surface area contributed by atoms with E-state index < -0.39 is 0 Å². The molecule has 1 aliphatic heterocycles. The van der Waals surface area contributed by atoms with Crippen LogP contribution in [0.2, 0.25) is 0 Å². The minimum Gasteiger partial charge on any atom is -0.326 e. The second kappa shape index (κ2) is 6.05. The van der Waals surface area contributed by atoms with Crippen molar-refractivity contribution in [3.05, 3.63) is 24.4 Å². The molecule has 0 spiro atoms. The molecule has 1 unspecified atom stereocenters. The molecule has 0 bridgehead atoms. The molecule has 1 amide bonds. The number of aromatic nitrogens is 2. The summed E-state index contributed by atoms with van der Waals surface area (Å²) in [5.41, 5.74) is 1.81. The third-order valence-corrected chi connectivity index (χ3v) is 3.86. The van der Waals surface area contributed by atoms with Crippen LogP contribution in [0.3, 0.4) is 0 Å². The molecule has 20 heavy (non-hydrogen) atoms. The van der Waals surface area contributed by atoms with Gasteiger partial charge in [0.15, 0.2) is 0 Å². The maximum atomic E-state index is 12.0. The number of anilines is 1.